The van der Waals surface area contributed by atoms with Crippen LogP contribution in [-0.2, 0) is 6.54 Å². The van der Waals surface area contributed by atoms with E-state index >= 15 is 0 Å². The zero-order valence-electron chi connectivity index (χ0n) is 13.5. The normalized spacial score (nSPS) is 10.9. The van der Waals surface area contributed by atoms with Crippen molar-refractivity contribution in [2.75, 3.05) is 24.3 Å². The highest BCUT2D eigenvalue weighted by atomic mass is 15.3. The van der Waals surface area contributed by atoms with Crippen molar-refractivity contribution >= 4 is 11.4 Å². The predicted molar refractivity (Wildman–Crippen MR) is 89.9 cm³/mol. The largest absolute Gasteiger partial charge is 0.379 e. The van der Waals surface area contributed by atoms with Crippen LogP contribution in [0, 0.1) is 0 Å². The molecule has 21 heavy (non-hydrogen) atoms. The van der Waals surface area contributed by atoms with Gasteiger partial charge >= 0.3 is 0 Å². The monoisotopic (exact) mass is 286 g/mol. The minimum absolute atomic E-state index is 0.510. The van der Waals surface area contributed by atoms with Gasteiger partial charge in [0.25, 0.3) is 0 Å². The lowest BCUT2D eigenvalue weighted by molar-refractivity contribution is 0.426. The topological polar surface area (TPSA) is 33.1 Å². The molecule has 0 aliphatic rings. The van der Waals surface area contributed by atoms with Crippen molar-refractivity contribution in [3.8, 4) is 0 Å². The number of hydrogen-bond acceptors (Lipinski definition) is 3. The highest BCUT2D eigenvalue weighted by Crippen LogP contribution is 2.18. The highest BCUT2D eigenvalue weighted by molar-refractivity contribution is 5.57. The molecule has 1 aromatic heterocycles. The Bertz CT molecular complexity index is 555. The summed E-state index contributed by atoms with van der Waals surface area (Å²) >= 11 is 0. The molecule has 0 saturated carbocycles. The van der Waals surface area contributed by atoms with Gasteiger partial charge in [0.1, 0.15) is 0 Å². The molecule has 4 heteroatoms. The maximum Gasteiger partial charge on any atom is 0.0815 e. The van der Waals surface area contributed by atoms with Gasteiger partial charge in [-0.05, 0) is 37.1 Å². The Balaban J connectivity index is 1.98. The number of aromatic nitrogens is 2. The summed E-state index contributed by atoms with van der Waals surface area (Å²) in [7, 11) is 4.10. The van der Waals surface area contributed by atoms with Crippen molar-refractivity contribution in [1.29, 1.82) is 0 Å². The predicted octanol–water partition coefficient (Wildman–Crippen LogP) is 3.92. The van der Waals surface area contributed by atoms with E-state index in [1.165, 1.54) is 5.69 Å². The fourth-order valence-corrected chi connectivity index (χ4v) is 2.42. The summed E-state index contributed by atoms with van der Waals surface area (Å²) in [6.45, 7) is 5.17. The number of anilines is 2. The van der Waals surface area contributed by atoms with Crippen LogP contribution in [0.15, 0.2) is 36.5 Å². The third-order valence-corrected chi connectivity index (χ3v) is 3.82. The first-order chi connectivity index (χ1) is 10.1. The van der Waals surface area contributed by atoms with E-state index in [0.29, 0.717) is 6.04 Å². The molecular weight excluding hydrogens is 260 g/mol. The zero-order chi connectivity index (χ0) is 15.2. The van der Waals surface area contributed by atoms with Crippen LogP contribution in [0.25, 0.3) is 0 Å². The molecule has 2 rings (SSSR count). The molecule has 1 aromatic carbocycles. The number of nitrogens with one attached hydrogen (secondary N) is 1. The SMILES string of the molecule is CCC(CC)n1ccc(CNc2cccc(N(C)C)c2)n1. The minimum Gasteiger partial charge on any atom is -0.379 e. The smallest absolute Gasteiger partial charge is 0.0815 e. The number of nitrogens with zero attached hydrogens (tertiary/aromatic N) is 3. The van der Waals surface area contributed by atoms with Crippen molar-refractivity contribution in [2.24, 2.45) is 0 Å². The van der Waals surface area contributed by atoms with E-state index in [1.54, 1.807) is 0 Å². The molecule has 4 nitrogen and oxygen atoms in total. The van der Waals surface area contributed by atoms with Gasteiger partial charge in [-0.15, -0.1) is 0 Å². The van der Waals surface area contributed by atoms with Crippen LogP contribution >= 0.6 is 0 Å². The van der Waals surface area contributed by atoms with Gasteiger partial charge in [-0.3, -0.25) is 4.68 Å². The maximum atomic E-state index is 4.67. The Kier molecular flexibility index (Phi) is 5.26. The van der Waals surface area contributed by atoms with E-state index in [0.717, 1.165) is 30.8 Å². The third kappa shape index (κ3) is 4.00. The molecule has 0 fully saturated rings. The van der Waals surface area contributed by atoms with Crippen LogP contribution in [0.4, 0.5) is 11.4 Å². The summed E-state index contributed by atoms with van der Waals surface area (Å²) in [5, 5.41) is 8.11. The van der Waals surface area contributed by atoms with Gasteiger partial charge in [-0.2, -0.15) is 5.10 Å². The molecule has 0 bridgehead atoms. The van der Waals surface area contributed by atoms with Gasteiger partial charge < -0.3 is 10.2 Å². The number of rotatable bonds is 7. The Morgan fingerprint density at radius 1 is 1.19 bits per heavy atom. The van der Waals surface area contributed by atoms with E-state index in [-0.39, 0.29) is 0 Å². The molecule has 0 atom stereocenters. The molecule has 2 aromatic rings. The third-order valence-electron chi connectivity index (χ3n) is 3.82. The molecule has 0 aliphatic carbocycles. The first kappa shape index (κ1) is 15.4. The molecule has 1 N–H and O–H groups in total. The number of hydrogen-bond donors (Lipinski definition) is 1. The second kappa shape index (κ2) is 7.16. The molecule has 0 unspecified atom stereocenters. The van der Waals surface area contributed by atoms with Crippen LogP contribution in [0.5, 0.6) is 0 Å². The zero-order valence-corrected chi connectivity index (χ0v) is 13.5. The first-order valence-corrected chi connectivity index (χ1v) is 7.69. The van der Waals surface area contributed by atoms with Gasteiger partial charge in [0.05, 0.1) is 18.3 Å². The molecule has 0 aliphatic heterocycles. The van der Waals surface area contributed by atoms with Gasteiger partial charge in [-0.1, -0.05) is 19.9 Å². The molecule has 114 valence electrons. The van der Waals surface area contributed by atoms with E-state index in [4.69, 9.17) is 0 Å². The summed E-state index contributed by atoms with van der Waals surface area (Å²) in [5.74, 6) is 0. The summed E-state index contributed by atoms with van der Waals surface area (Å²) in [4.78, 5) is 2.10. The summed E-state index contributed by atoms with van der Waals surface area (Å²) in [6, 6.07) is 11.0. The second-order valence-electron chi connectivity index (χ2n) is 5.56. The Morgan fingerprint density at radius 3 is 2.62 bits per heavy atom. The Labute approximate surface area is 127 Å². The fourth-order valence-electron chi connectivity index (χ4n) is 2.42. The van der Waals surface area contributed by atoms with E-state index in [2.05, 4.69) is 84.5 Å². The van der Waals surface area contributed by atoms with Crippen molar-refractivity contribution in [3.63, 3.8) is 0 Å². The van der Waals surface area contributed by atoms with E-state index in [1.807, 2.05) is 0 Å². The van der Waals surface area contributed by atoms with Gasteiger partial charge in [0.15, 0.2) is 0 Å². The van der Waals surface area contributed by atoms with E-state index < -0.39 is 0 Å². The quantitative estimate of drug-likeness (QED) is 0.837. The van der Waals surface area contributed by atoms with Crippen LogP contribution < -0.4 is 10.2 Å². The van der Waals surface area contributed by atoms with Crippen LogP contribution in [0.1, 0.15) is 38.4 Å². The number of benzene rings is 1. The summed E-state index contributed by atoms with van der Waals surface area (Å²) in [6.07, 6.45) is 4.33. The molecule has 0 radical (unpaired) electrons. The van der Waals surface area contributed by atoms with Crippen LogP contribution in [0.3, 0.4) is 0 Å². The van der Waals surface area contributed by atoms with Crippen molar-refractivity contribution < 1.29 is 0 Å². The highest BCUT2D eigenvalue weighted by Gasteiger charge is 2.07. The van der Waals surface area contributed by atoms with E-state index in [9.17, 15) is 0 Å². The lowest BCUT2D eigenvalue weighted by Crippen LogP contribution is -2.10. The molecule has 1 heterocycles. The Hall–Kier alpha value is -1.97. The van der Waals surface area contributed by atoms with Gasteiger partial charge in [-0.25, -0.2) is 0 Å². The molecule has 0 spiro atoms. The molecular formula is C17H26N4. The van der Waals surface area contributed by atoms with Gasteiger partial charge in [0, 0.05) is 31.7 Å². The fraction of sp³-hybridized carbons (Fsp3) is 0.471. The van der Waals surface area contributed by atoms with Crippen LogP contribution in [-0.4, -0.2) is 23.9 Å². The molecule has 0 saturated heterocycles. The van der Waals surface area contributed by atoms with Gasteiger partial charge in [0.2, 0.25) is 0 Å². The lowest BCUT2D eigenvalue weighted by atomic mass is 10.2. The minimum atomic E-state index is 0.510. The first-order valence-electron chi connectivity index (χ1n) is 7.69. The van der Waals surface area contributed by atoms with Crippen molar-refractivity contribution in [1.82, 2.24) is 9.78 Å². The maximum absolute atomic E-state index is 4.67. The Morgan fingerprint density at radius 2 is 1.95 bits per heavy atom. The second-order valence-corrected chi connectivity index (χ2v) is 5.56. The summed E-state index contributed by atoms with van der Waals surface area (Å²) in [5.41, 5.74) is 3.40. The molecule has 0 amide bonds. The van der Waals surface area contributed by atoms with Crippen molar-refractivity contribution in [3.05, 3.63) is 42.2 Å². The standard InChI is InChI=1S/C17H26N4/c1-5-16(6-2)21-11-10-15(19-21)13-18-14-8-7-9-17(12-14)20(3)4/h7-12,16,18H,5-6,13H2,1-4H3. The average Bonchev–Trinajstić information content (AvgIpc) is 2.95. The average molecular weight is 286 g/mol. The summed E-state index contributed by atoms with van der Waals surface area (Å²) < 4.78 is 2.09. The lowest BCUT2D eigenvalue weighted by Gasteiger charge is -2.14. The van der Waals surface area contributed by atoms with Crippen molar-refractivity contribution in [2.45, 2.75) is 39.3 Å². The van der Waals surface area contributed by atoms with Crippen LogP contribution in [0.2, 0.25) is 0 Å².